The average Bonchev–Trinajstić information content (AvgIpc) is 3.21. The first-order valence-corrected chi connectivity index (χ1v) is 9.45. The summed E-state index contributed by atoms with van der Waals surface area (Å²) in [4.78, 5) is 7.09. The minimum absolute atomic E-state index is 0.320. The third-order valence-corrected chi connectivity index (χ3v) is 5.51. The molecule has 0 spiro atoms. The highest BCUT2D eigenvalue weighted by Gasteiger charge is 2.30. The molecular weight excluding hydrogens is 330 g/mol. The summed E-state index contributed by atoms with van der Waals surface area (Å²) in [7, 11) is 2.09. The van der Waals surface area contributed by atoms with Gasteiger partial charge in [-0.1, -0.05) is 6.07 Å². The van der Waals surface area contributed by atoms with Gasteiger partial charge in [0, 0.05) is 44.9 Å². The smallest absolute Gasteiger partial charge is 0.231 e. The first-order valence-electron chi connectivity index (χ1n) is 9.45. The zero-order valence-electron chi connectivity index (χ0n) is 15.2. The van der Waals surface area contributed by atoms with E-state index >= 15 is 0 Å². The summed E-state index contributed by atoms with van der Waals surface area (Å²) >= 11 is 0. The second-order valence-corrected chi connectivity index (χ2v) is 7.72. The largest absolute Gasteiger partial charge is 0.454 e. The number of benzene rings is 1. The summed E-state index contributed by atoms with van der Waals surface area (Å²) in [6.45, 7) is 4.76. The van der Waals surface area contributed by atoms with Crippen molar-refractivity contribution >= 4 is 0 Å². The Bertz CT molecular complexity index is 800. The molecule has 138 valence electrons. The van der Waals surface area contributed by atoms with Crippen LogP contribution in [0.5, 0.6) is 11.5 Å². The third-order valence-electron chi connectivity index (χ3n) is 5.51. The average molecular weight is 355 g/mol. The van der Waals surface area contributed by atoms with Gasteiger partial charge in [-0.2, -0.15) is 0 Å². The number of rotatable bonds is 6. The number of fused-ring (bicyclic) bond motifs is 2. The van der Waals surface area contributed by atoms with Crippen LogP contribution in [0.4, 0.5) is 0 Å². The number of hydrogen-bond donors (Lipinski definition) is 0. The molecular formula is C20H25N3O3. The lowest BCUT2D eigenvalue weighted by molar-refractivity contribution is 0.0867. The van der Waals surface area contributed by atoms with Gasteiger partial charge in [0.2, 0.25) is 6.79 Å². The predicted octanol–water partition coefficient (Wildman–Crippen LogP) is 2.67. The van der Waals surface area contributed by atoms with Crippen molar-refractivity contribution in [1.82, 2.24) is 14.5 Å². The molecule has 2 aliphatic heterocycles. The molecule has 6 nitrogen and oxygen atoms in total. The SMILES string of the molecule is Cn1cnc2c1[C@@H](COCC1CC1)CN(Cc1ccc3c(c1)OCO3)C2. The Kier molecular flexibility index (Phi) is 4.10. The van der Waals surface area contributed by atoms with E-state index in [1.165, 1.54) is 29.8 Å². The van der Waals surface area contributed by atoms with Crippen LogP contribution >= 0.6 is 0 Å². The molecule has 2 aromatic rings. The predicted molar refractivity (Wildman–Crippen MR) is 96.2 cm³/mol. The van der Waals surface area contributed by atoms with E-state index in [0.29, 0.717) is 12.7 Å². The maximum absolute atomic E-state index is 6.03. The van der Waals surface area contributed by atoms with Gasteiger partial charge in [-0.15, -0.1) is 0 Å². The van der Waals surface area contributed by atoms with Crippen LogP contribution in [0.15, 0.2) is 24.5 Å². The molecule has 1 aromatic heterocycles. The zero-order chi connectivity index (χ0) is 17.5. The normalized spacial score (nSPS) is 21.8. The number of aryl methyl sites for hydroxylation is 1. The van der Waals surface area contributed by atoms with Crippen molar-refractivity contribution in [2.75, 3.05) is 26.6 Å². The molecule has 5 rings (SSSR count). The van der Waals surface area contributed by atoms with Gasteiger partial charge in [-0.25, -0.2) is 4.98 Å². The second kappa shape index (κ2) is 6.59. The van der Waals surface area contributed by atoms with Gasteiger partial charge < -0.3 is 18.8 Å². The molecule has 1 aliphatic carbocycles. The Morgan fingerprint density at radius 3 is 2.96 bits per heavy atom. The molecule has 1 atom stereocenters. The summed E-state index contributed by atoms with van der Waals surface area (Å²) in [6, 6.07) is 6.22. The number of nitrogens with zero attached hydrogens (tertiary/aromatic N) is 3. The van der Waals surface area contributed by atoms with Crippen molar-refractivity contribution in [1.29, 1.82) is 0 Å². The molecule has 1 aromatic carbocycles. The maximum atomic E-state index is 6.03. The summed E-state index contributed by atoms with van der Waals surface area (Å²) in [6.07, 6.45) is 4.60. The lowest BCUT2D eigenvalue weighted by Gasteiger charge is -2.33. The molecule has 26 heavy (non-hydrogen) atoms. The highest BCUT2D eigenvalue weighted by molar-refractivity contribution is 5.44. The van der Waals surface area contributed by atoms with Crippen LogP contribution in [0.2, 0.25) is 0 Å². The summed E-state index contributed by atoms with van der Waals surface area (Å²) in [5.41, 5.74) is 3.76. The van der Waals surface area contributed by atoms with Gasteiger partial charge >= 0.3 is 0 Å². The second-order valence-electron chi connectivity index (χ2n) is 7.72. The Labute approximate surface area is 153 Å². The molecule has 0 N–H and O–H groups in total. The van der Waals surface area contributed by atoms with Gasteiger partial charge in [-0.05, 0) is 36.5 Å². The topological polar surface area (TPSA) is 48.8 Å². The van der Waals surface area contributed by atoms with Crippen LogP contribution in [0.25, 0.3) is 0 Å². The van der Waals surface area contributed by atoms with E-state index in [1.54, 1.807) is 0 Å². The van der Waals surface area contributed by atoms with Gasteiger partial charge in [0.25, 0.3) is 0 Å². The van der Waals surface area contributed by atoms with Gasteiger partial charge in [0.15, 0.2) is 11.5 Å². The summed E-state index contributed by atoms with van der Waals surface area (Å²) < 4.78 is 19.1. The molecule has 1 fully saturated rings. The van der Waals surface area contributed by atoms with E-state index in [-0.39, 0.29) is 0 Å². The monoisotopic (exact) mass is 355 g/mol. The molecule has 1 saturated carbocycles. The van der Waals surface area contributed by atoms with E-state index in [0.717, 1.165) is 50.3 Å². The Morgan fingerprint density at radius 2 is 2.08 bits per heavy atom. The van der Waals surface area contributed by atoms with Crippen molar-refractivity contribution in [3.63, 3.8) is 0 Å². The third kappa shape index (κ3) is 3.19. The van der Waals surface area contributed by atoms with Crippen molar-refractivity contribution < 1.29 is 14.2 Å². The van der Waals surface area contributed by atoms with E-state index in [4.69, 9.17) is 14.2 Å². The number of imidazole rings is 1. The summed E-state index contributed by atoms with van der Waals surface area (Å²) in [5.74, 6) is 2.86. The Balaban J connectivity index is 1.30. The van der Waals surface area contributed by atoms with E-state index in [9.17, 15) is 0 Å². The Morgan fingerprint density at radius 1 is 1.19 bits per heavy atom. The van der Waals surface area contributed by atoms with Crippen molar-refractivity contribution in [3.05, 3.63) is 41.5 Å². The van der Waals surface area contributed by atoms with Crippen LogP contribution in [-0.4, -0.2) is 41.0 Å². The molecule has 6 heteroatoms. The molecule has 3 heterocycles. The first kappa shape index (κ1) is 16.1. The first-order chi connectivity index (χ1) is 12.8. The molecule has 0 saturated heterocycles. The van der Waals surface area contributed by atoms with Crippen LogP contribution in [-0.2, 0) is 24.9 Å². The lowest BCUT2D eigenvalue weighted by Crippen LogP contribution is -2.36. The fourth-order valence-corrected chi connectivity index (χ4v) is 4.02. The number of aromatic nitrogens is 2. The van der Waals surface area contributed by atoms with Crippen LogP contribution in [0, 0.1) is 5.92 Å². The van der Waals surface area contributed by atoms with Gasteiger partial charge in [0.1, 0.15) is 0 Å². The fourth-order valence-electron chi connectivity index (χ4n) is 4.02. The summed E-state index contributed by atoms with van der Waals surface area (Å²) in [5, 5.41) is 0. The van der Waals surface area contributed by atoms with Crippen molar-refractivity contribution in [3.8, 4) is 11.5 Å². The van der Waals surface area contributed by atoms with Crippen LogP contribution in [0.3, 0.4) is 0 Å². The maximum Gasteiger partial charge on any atom is 0.231 e. The fraction of sp³-hybridized carbons (Fsp3) is 0.550. The Hall–Kier alpha value is -2.05. The zero-order valence-corrected chi connectivity index (χ0v) is 15.2. The standard InChI is InChI=1S/C20H25N3O3/c1-22-12-21-17-9-23(7-15-4-5-18-19(6-15)26-13-25-18)8-16(20(17)22)11-24-10-14-2-3-14/h4-6,12,14,16H,2-3,7-11,13H2,1H3/t16-/m1/s1. The number of hydrogen-bond acceptors (Lipinski definition) is 5. The van der Waals surface area contributed by atoms with Gasteiger partial charge in [0.05, 0.1) is 18.6 Å². The van der Waals surface area contributed by atoms with Crippen molar-refractivity contribution in [2.45, 2.75) is 31.8 Å². The molecule has 3 aliphatic rings. The van der Waals surface area contributed by atoms with Crippen molar-refractivity contribution in [2.24, 2.45) is 13.0 Å². The molecule has 0 amide bonds. The highest BCUT2D eigenvalue weighted by atomic mass is 16.7. The van der Waals surface area contributed by atoms with E-state index in [1.807, 2.05) is 12.4 Å². The lowest BCUT2D eigenvalue weighted by atomic mass is 9.98. The van der Waals surface area contributed by atoms with Crippen LogP contribution in [0.1, 0.15) is 35.7 Å². The number of ether oxygens (including phenoxy) is 3. The quantitative estimate of drug-likeness (QED) is 0.797. The minimum atomic E-state index is 0.320. The molecule has 0 radical (unpaired) electrons. The highest BCUT2D eigenvalue weighted by Crippen LogP contribution is 2.34. The van der Waals surface area contributed by atoms with E-state index < -0.39 is 0 Å². The molecule has 0 unspecified atom stereocenters. The van der Waals surface area contributed by atoms with Gasteiger partial charge in [-0.3, -0.25) is 4.90 Å². The minimum Gasteiger partial charge on any atom is -0.454 e. The molecule has 0 bridgehead atoms. The van der Waals surface area contributed by atoms with Crippen LogP contribution < -0.4 is 9.47 Å². The van der Waals surface area contributed by atoms with E-state index in [2.05, 4.69) is 33.6 Å².